The number of fused-ring (bicyclic) bond motifs is 3. The smallest absolute Gasteiger partial charge is 0.270 e. The van der Waals surface area contributed by atoms with Crippen LogP contribution in [0, 0.1) is 33.3 Å². The van der Waals surface area contributed by atoms with E-state index in [4.69, 9.17) is 4.74 Å². The van der Waals surface area contributed by atoms with Gasteiger partial charge < -0.3 is 4.74 Å². The molecule has 174 valence electrons. The second-order valence-corrected chi connectivity index (χ2v) is 8.50. The minimum Gasteiger partial charge on any atom is -0.497 e. The summed E-state index contributed by atoms with van der Waals surface area (Å²) in [5.74, 6) is -2.74. The highest BCUT2D eigenvalue weighted by molar-refractivity contribution is 6.24. The zero-order valence-electron chi connectivity index (χ0n) is 18.5. The van der Waals surface area contributed by atoms with Crippen LogP contribution in [0.25, 0.3) is 0 Å². The number of ether oxygens (including phenoxy) is 1. The Labute approximate surface area is 199 Å². The molecule has 0 radical (unpaired) electrons. The molecule has 0 spiro atoms. The van der Waals surface area contributed by atoms with E-state index < -0.39 is 46.4 Å². The van der Waals surface area contributed by atoms with E-state index in [9.17, 15) is 29.8 Å². The largest absolute Gasteiger partial charge is 0.497 e. The summed E-state index contributed by atoms with van der Waals surface area (Å²) in [7, 11) is 1.50. The van der Waals surface area contributed by atoms with E-state index in [1.54, 1.807) is 42.6 Å². The summed E-state index contributed by atoms with van der Waals surface area (Å²) in [6, 6.07) is 12.2. The fraction of sp³-hybridized carbons (Fsp3) is 0.200. The van der Waals surface area contributed by atoms with Gasteiger partial charge in [0.25, 0.3) is 5.69 Å². The van der Waals surface area contributed by atoms with Gasteiger partial charge in [0.05, 0.1) is 35.6 Å². The first-order chi connectivity index (χ1) is 16.8. The average molecular weight is 471 g/mol. The zero-order valence-corrected chi connectivity index (χ0v) is 18.5. The predicted molar refractivity (Wildman–Crippen MR) is 121 cm³/mol. The molecule has 35 heavy (non-hydrogen) atoms. The molecule has 5 atom stereocenters. The number of nitriles is 1. The molecule has 2 fully saturated rings. The molecule has 2 aromatic carbocycles. The molecule has 2 saturated heterocycles. The van der Waals surface area contributed by atoms with Gasteiger partial charge in [-0.3, -0.25) is 29.4 Å². The Bertz CT molecular complexity index is 1370. The number of nitro benzene ring substituents is 1. The number of non-ortho nitro benzene ring substituents is 1. The van der Waals surface area contributed by atoms with Crippen LogP contribution in [-0.2, 0) is 9.59 Å². The van der Waals surface area contributed by atoms with Crippen molar-refractivity contribution >= 4 is 29.0 Å². The molecule has 10 heteroatoms. The summed E-state index contributed by atoms with van der Waals surface area (Å²) in [4.78, 5) is 53.2. The van der Waals surface area contributed by atoms with E-state index in [2.05, 4.69) is 6.07 Å². The van der Waals surface area contributed by atoms with Crippen LogP contribution in [0.5, 0.6) is 5.75 Å². The van der Waals surface area contributed by atoms with Crippen LogP contribution < -0.4 is 14.5 Å². The van der Waals surface area contributed by atoms with Crippen LogP contribution in [0.1, 0.15) is 10.4 Å². The quantitative estimate of drug-likeness (QED) is 0.300. The summed E-state index contributed by atoms with van der Waals surface area (Å²) in [6.07, 6.45) is 4.80. The Hall–Kier alpha value is -4.62. The molecule has 3 heterocycles. The van der Waals surface area contributed by atoms with E-state index in [0.717, 1.165) is 4.90 Å². The van der Waals surface area contributed by atoms with E-state index in [1.165, 1.54) is 31.4 Å². The lowest BCUT2D eigenvalue weighted by atomic mass is 9.86. The van der Waals surface area contributed by atoms with Gasteiger partial charge in [-0.25, -0.2) is 4.90 Å². The van der Waals surface area contributed by atoms with Crippen molar-refractivity contribution < 1.29 is 28.9 Å². The van der Waals surface area contributed by atoms with Crippen molar-refractivity contribution in [3.05, 3.63) is 88.1 Å². The standard InChI is InChI=1S/C25H18N4O6/c1-35-18-7-5-16(6-8-18)28-24(31)20-19-11-14(13-26)9-10-27(19)22(21(20)25(28)32)23(30)15-3-2-4-17(12-15)29(33)34/h2-12,19-22H,1H3/p+1/t19-,20+,21-,22+/m1/s1. The Balaban J connectivity index is 1.59. The van der Waals surface area contributed by atoms with Crippen molar-refractivity contribution in [2.24, 2.45) is 11.8 Å². The number of benzene rings is 2. The van der Waals surface area contributed by atoms with Gasteiger partial charge in [-0.15, -0.1) is 0 Å². The molecule has 1 unspecified atom stereocenters. The van der Waals surface area contributed by atoms with Gasteiger partial charge in [-0.2, -0.15) is 5.26 Å². The Morgan fingerprint density at radius 1 is 1.14 bits per heavy atom. The highest BCUT2D eigenvalue weighted by atomic mass is 16.6. The summed E-state index contributed by atoms with van der Waals surface area (Å²) in [5, 5.41) is 20.6. The summed E-state index contributed by atoms with van der Waals surface area (Å²) >= 11 is 0. The second-order valence-electron chi connectivity index (χ2n) is 8.50. The fourth-order valence-electron chi connectivity index (χ4n) is 5.24. The van der Waals surface area contributed by atoms with Gasteiger partial charge >= 0.3 is 0 Å². The molecule has 0 saturated carbocycles. The predicted octanol–water partition coefficient (Wildman–Crippen LogP) is 1.20. The van der Waals surface area contributed by atoms with Gasteiger partial charge in [0.15, 0.2) is 6.04 Å². The van der Waals surface area contributed by atoms with Crippen LogP contribution in [0.15, 0.2) is 72.5 Å². The number of nitrogens with one attached hydrogen (secondary N) is 1. The summed E-state index contributed by atoms with van der Waals surface area (Å²) in [6.45, 7) is 0. The van der Waals surface area contributed by atoms with Crippen LogP contribution in [0.3, 0.4) is 0 Å². The topological polar surface area (TPSA) is 135 Å². The Morgan fingerprint density at radius 3 is 2.51 bits per heavy atom. The third-order valence-electron chi connectivity index (χ3n) is 6.79. The molecule has 2 aromatic rings. The van der Waals surface area contributed by atoms with Crippen molar-refractivity contribution in [2.75, 3.05) is 12.0 Å². The normalized spacial score (nSPS) is 26.6. The Morgan fingerprint density at radius 2 is 1.86 bits per heavy atom. The van der Waals surface area contributed by atoms with Gasteiger partial charge in [-0.05, 0) is 30.3 Å². The number of nitro groups is 1. The fourth-order valence-corrected chi connectivity index (χ4v) is 5.24. The molecule has 10 nitrogen and oxygen atoms in total. The van der Waals surface area contributed by atoms with Gasteiger partial charge in [0, 0.05) is 23.8 Å². The maximum atomic E-state index is 13.7. The number of nitrogens with zero attached hydrogens (tertiary/aromatic N) is 3. The van der Waals surface area contributed by atoms with Gasteiger partial charge in [0.2, 0.25) is 17.6 Å². The minimum atomic E-state index is -0.990. The van der Waals surface area contributed by atoms with Crippen LogP contribution in [0.2, 0.25) is 0 Å². The van der Waals surface area contributed by atoms with Crippen molar-refractivity contribution in [1.82, 2.24) is 0 Å². The molecule has 0 bridgehead atoms. The lowest BCUT2D eigenvalue weighted by Crippen LogP contribution is -3.15. The maximum Gasteiger partial charge on any atom is 0.270 e. The molecular weight excluding hydrogens is 452 g/mol. The number of allylic oxidation sites excluding steroid dienone is 2. The van der Waals surface area contributed by atoms with E-state index in [-0.39, 0.29) is 11.3 Å². The van der Waals surface area contributed by atoms with E-state index >= 15 is 0 Å². The number of anilines is 1. The zero-order chi connectivity index (χ0) is 24.9. The molecule has 1 N–H and O–H groups in total. The first kappa shape index (κ1) is 22.2. The number of rotatable bonds is 5. The number of Topliss-reactive ketones (excluding diaryl/α,β-unsaturated/α-hetero) is 1. The molecule has 5 rings (SSSR count). The number of carbonyl (C=O) groups is 3. The van der Waals surface area contributed by atoms with E-state index in [1.807, 2.05) is 0 Å². The van der Waals surface area contributed by atoms with Crippen LogP contribution in [0.4, 0.5) is 11.4 Å². The second kappa shape index (κ2) is 8.30. The van der Waals surface area contributed by atoms with Crippen molar-refractivity contribution in [1.29, 1.82) is 5.26 Å². The number of amides is 2. The molecule has 3 aliphatic heterocycles. The number of methoxy groups -OCH3 is 1. The summed E-state index contributed by atoms with van der Waals surface area (Å²) in [5.41, 5.74) is 0.535. The van der Waals surface area contributed by atoms with Crippen LogP contribution in [-0.4, -0.2) is 41.7 Å². The third kappa shape index (κ3) is 3.41. The molecule has 0 aromatic heterocycles. The monoisotopic (exact) mass is 471 g/mol. The SMILES string of the molecule is COc1ccc(N2C(=O)[C@@H]3[C@@H](C2=O)[C@@H](C(=O)c2cccc([N+](=O)[O-])c2)[NH+]2C=CC(C#N)=C[C@H]32)cc1. The van der Waals surface area contributed by atoms with Crippen molar-refractivity contribution in [3.8, 4) is 11.8 Å². The lowest BCUT2D eigenvalue weighted by Gasteiger charge is -2.27. The number of quaternary nitrogens is 1. The number of ketones is 1. The molecule has 3 aliphatic rings. The number of hydrogen-bond acceptors (Lipinski definition) is 7. The first-order valence-corrected chi connectivity index (χ1v) is 10.8. The lowest BCUT2D eigenvalue weighted by molar-refractivity contribution is -0.871. The van der Waals surface area contributed by atoms with Gasteiger partial charge in [-0.1, -0.05) is 12.1 Å². The van der Waals surface area contributed by atoms with E-state index in [0.29, 0.717) is 21.9 Å². The third-order valence-corrected chi connectivity index (χ3v) is 6.79. The first-order valence-electron chi connectivity index (χ1n) is 10.8. The molecular formula is C25H19N4O6+. The average Bonchev–Trinajstić information content (AvgIpc) is 3.35. The molecule has 2 amide bonds. The Kier molecular flexibility index (Phi) is 5.26. The van der Waals surface area contributed by atoms with Crippen molar-refractivity contribution in [3.63, 3.8) is 0 Å². The number of hydrogen-bond donors (Lipinski definition) is 1. The highest BCUT2D eigenvalue weighted by Crippen LogP contribution is 2.40. The number of carbonyl (C=O) groups excluding carboxylic acids is 3. The van der Waals surface area contributed by atoms with Gasteiger partial charge in [0.1, 0.15) is 23.6 Å². The highest BCUT2D eigenvalue weighted by Gasteiger charge is 2.67. The summed E-state index contributed by atoms with van der Waals surface area (Å²) < 4.78 is 5.15. The van der Waals surface area contributed by atoms with Crippen molar-refractivity contribution in [2.45, 2.75) is 12.1 Å². The number of imide groups is 1. The van der Waals surface area contributed by atoms with Crippen LogP contribution >= 0.6 is 0 Å². The molecule has 0 aliphatic carbocycles. The maximum absolute atomic E-state index is 13.7. The minimum absolute atomic E-state index is 0.0858.